The molecule has 1 N–H and O–H groups in total. The Morgan fingerprint density at radius 2 is 2.17 bits per heavy atom. The molecule has 0 aliphatic carbocycles. The average molecular weight is 331 g/mol. The highest BCUT2D eigenvalue weighted by Crippen LogP contribution is 2.28. The summed E-state index contributed by atoms with van der Waals surface area (Å²) in [5, 5.41) is 1.12. The summed E-state index contributed by atoms with van der Waals surface area (Å²) in [5.41, 5.74) is 1.03. The summed E-state index contributed by atoms with van der Waals surface area (Å²) in [7, 11) is 1.67. The number of thiazole rings is 1. The molecule has 120 valence electrons. The third-order valence-electron chi connectivity index (χ3n) is 4.68. The van der Waals surface area contributed by atoms with Crippen molar-refractivity contribution in [3.63, 3.8) is 0 Å². The molecule has 2 aliphatic rings. The van der Waals surface area contributed by atoms with Crippen molar-refractivity contribution in [2.75, 3.05) is 26.8 Å². The van der Waals surface area contributed by atoms with Crippen molar-refractivity contribution in [1.29, 1.82) is 0 Å². The molecule has 2 aliphatic heterocycles. The van der Waals surface area contributed by atoms with Crippen LogP contribution in [0.4, 0.5) is 4.79 Å². The first-order valence-electron chi connectivity index (χ1n) is 7.89. The molecule has 1 aromatic carbocycles. The summed E-state index contributed by atoms with van der Waals surface area (Å²) >= 11 is 1.73. The summed E-state index contributed by atoms with van der Waals surface area (Å²) < 4.78 is 1.20. The second-order valence-corrected chi connectivity index (χ2v) is 7.30. The number of imide groups is 1. The minimum atomic E-state index is -0.183. The first-order valence-corrected chi connectivity index (χ1v) is 8.70. The molecule has 2 atom stereocenters. The molecule has 0 saturated carbocycles. The minimum Gasteiger partial charge on any atom is -0.318 e. The van der Waals surface area contributed by atoms with Crippen LogP contribution in [0.25, 0.3) is 10.2 Å². The lowest BCUT2D eigenvalue weighted by molar-refractivity contribution is -0.925. The number of likely N-dealkylation sites (N-methyl/N-ethyl adjacent to an activating group) is 1. The predicted molar refractivity (Wildman–Crippen MR) is 87.2 cm³/mol. The molecule has 3 heterocycles. The van der Waals surface area contributed by atoms with E-state index in [0.29, 0.717) is 6.67 Å². The van der Waals surface area contributed by atoms with Gasteiger partial charge in [0.05, 0.1) is 16.8 Å². The van der Waals surface area contributed by atoms with Crippen LogP contribution in [-0.4, -0.2) is 53.5 Å². The van der Waals surface area contributed by atoms with Gasteiger partial charge in [0.2, 0.25) is 0 Å². The van der Waals surface area contributed by atoms with Gasteiger partial charge in [-0.05, 0) is 12.1 Å². The fourth-order valence-corrected chi connectivity index (χ4v) is 4.63. The van der Waals surface area contributed by atoms with Crippen LogP contribution in [0, 0.1) is 0 Å². The van der Waals surface area contributed by atoms with Gasteiger partial charge in [-0.15, -0.1) is 11.3 Å². The lowest BCUT2D eigenvalue weighted by Crippen LogP contribution is -3.12. The normalized spacial score (nSPS) is 25.1. The number of carbonyl (C=O) groups is 2. The van der Waals surface area contributed by atoms with Crippen LogP contribution >= 0.6 is 11.3 Å². The van der Waals surface area contributed by atoms with Gasteiger partial charge in [-0.1, -0.05) is 12.1 Å². The maximum absolute atomic E-state index is 12.1. The molecule has 2 aromatic rings. The maximum Gasteiger partial charge on any atom is 0.331 e. The van der Waals surface area contributed by atoms with Gasteiger partial charge in [-0.25, -0.2) is 14.7 Å². The third kappa shape index (κ3) is 2.49. The topological polar surface area (TPSA) is 58.0 Å². The Bertz CT molecular complexity index is 741. The highest BCUT2D eigenvalue weighted by Gasteiger charge is 2.40. The quantitative estimate of drug-likeness (QED) is 0.849. The molecule has 2 fully saturated rings. The highest BCUT2D eigenvalue weighted by molar-refractivity contribution is 7.18. The third-order valence-corrected chi connectivity index (χ3v) is 5.83. The molecule has 3 amide bonds. The average Bonchev–Trinajstić information content (AvgIpc) is 3.22. The Morgan fingerprint density at radius 1 is 1.35 bits per heavy atom. The number of carbonyl (C=O) groups excluding carboxylic acids is 2. The zero-order chi connectivity index (χ0) is 16.0. The standard InChI is InChI=1S/C16H18N4O2S/c1-18-9-14(21)20(16(18)22)10-19-8-4-6-12(19)15-17-11-5-2-3-7-13(11)23-15/h2-3,5,7,12H,4,6,8-10H2,1H3/p+1/t12-/m1/s1. The van der Waals surface area contributed by atoms with Crippen LogP contribution in [0.1, 0.15) is 23.9 Å². The van der Waals surface area contributed by atoms with Gasteiger partial charge < -0.3 is 9.80 Å². The van der Waals surface area contributed by atoms with Crippen LogP contribution in [0.15, 0.2) is 24.3 Å². The molecule has 7 heteroatoms. The summed E-state index contributed by atoms with van der Waals surface area (Å²) in [6.07, 6.45) is 2.16. The van der Waals surface area contributed by atoms with Crippen molar-refractivity contribution >= 4 is 33.5 Å². The van der Waals surface area contributed by atoms with Crippen molar-refractivity contribution in [3.05, 3.63) is 29.3 Å². The molecule has 0 radical (unpaired) electrons. The van der Waals surface area contributed by atoms with E-state index in [1.165, 1.54) is 19.4 Å². The van der Waals surface area contributed by atoms with Crippen molar-refractivity contribution in [2.45, 2.75) is 18.9 Å². The van der Waals surface area contributed by atoms with E-state index in [2.05, 4.69) is 6.07 Å². The van der Waals surface area contributed by atoms with E-state index in [1.807, 2.05) is 18.2 Å². The van der Waals surface area contributed by atoms with Crippen LogP contribution in [0.2, 0.25) is 0 Å². The van der Waals surface area contributed by atoms with E-state index < -0.39 is 0 Å². The number of nitrogens with one attached hydrogen (secondary N) is 1. The van der Waals surface area contributed by atoms with Crippen LogP contribution in [0.5, 0.6) is 0 Å². The Morgan fingerprint density at radius 3 is 2.91 bits per heavy atom. The number of quaternary nitrogens is 1. The van der Waals surface area contributed by atoms with E-state index in [9.17, 15) is 9.59 Å². The summed E-state index contributed by atoms with van der Waals surface area (Å²) in [6.45, 7) is 1.61. The maximum atomic E-state index is 12.1. The zero-order valence-electron chi connectivity index (χ0n) is 13.0. The monoisotopic (exact) mass is 331 g/mol. The number of para-hydroxylation sites is 1. The van der Waals surface area contributed by atoms with E-state index in [0.717, 1.165) is 29.9 Å². The number of benzene rings is 1. The molecule has 1 aromatic heterocycles. The van der Waals surface area contributed by atoms with E-state index in [1.54, 1.807) is 18.4 Å². The smallest absolute Gasteiger partial charge is 0.318 e. The van der Waals surface area contributed by atoms with Crippen molar-refractivity contribution in [3.8, 4) is 0 Å². The number of fused-ring (bicyclic) bond motifs is 1. The SMILES string of the molecule is CN1CC(=O)N(C[NH+]2CCC[C@@H]2c2nc3ccccc3s2)C1=O. The fourth-order valence-electron chi connectivity index (χ4n) is 3.47. The van der Waals surface area contributed by atoms with Gasteiger partial charge >= 0.3 is 6.03 Å². The molecule has 0 bridgehead atoms. The fraction of sp³-hybridized carbons (Fsp3) is 0.438. The number of aromatic nitrogens is 1. The Balaban J connectivity index is 1.57. The number of hydrogen-bond acceptors (Lipinski definition) is 4. The van der Waals surface area contributed by atoms with Crippen molar-refractivity contribution in [2.24, 2.45) is 0 Å². The minimum absolute atomic E-state index is 0.0973. The Labute approximate surface area is 138 Å². The van der Waals surface area contributed by atoms with Gasteiger partial charge in [-0.3, -0.25) is 4.79 Å². The summed E-state index contributed by atoms with van der Waals surface area (Å²) in [5.74, 6) is -0.0973. The number of likely N-dealkylation sites (tertiary alicyclic amines) is 1. The summed E-state index contributed by atoms with van der Waals surface area (Å²) in [4.78, 5) is 33.0. The Kier molecular flexibility index (Phi) is 3.54. The Hall–Kier alpha value is -1.99. The highest BCUT2D eigenvalue weighted by atomic mass is 32.1. The van der Waals surface area contributed by atoms with Gasteiger partial charge in [0.15, 0.2) is 11.7 Å². The van der Waals surface area contributed by atoms with Gasteiger partial charge in [0.1, 0.15) is 12.6 Å². The van der Waals surface area contributed by atoms with Crippen molar-refractivity contribution in [1.82, 2.24) is 14.8 Å². The molecule has 4 rings (SSSR count). The second-order valence-electron chi connectivity index (χ2n) is 6.24. The number of rotatable bonds is 3. The lowest BCUT2D eigenvalue weighted by Gasteiger charge is -2.23. The molecule has 6 nitrogen and oxygen atoms in total. The molecule has 1 unspecified atom stereocenters. The first kappa shape index (κ1) is 14.6. The van der Waals surface area contributed by atoms with Crippen LogP contribution in [-0.2, 0) is 4.79 Å². The molecular weight excluding hydrogens is 312 g/mol. The number of urea groups is 1. The largest absolute Gasteiger partial charge is 0.331 e. The predicted octanol–water partition coefficient (Wildman–Crippen LogP) is 0.868. The summed E-state index contributed by atoms with van der Waals surface area (Å²) in [6, 6.07) is 8.25. The zero-order valence-corrected chi connectivity index (χ0v) is 13.8. The second kappa shape index (κ2) is 5.58. The first-order chi connectivity index (χ1) is 11.1. The van der Waals surface area contributed by atoms with E-state index in [-0.39, 0.29) is 24.5 Å². The number of amides is 3. The molecular formula is C16H19N4O2S+. The molecule has 23 heavy (non-hydrogen) atoms. The number of nitrogens with zero attached hydrogens (tertiary/aromatic N) is 3. The van der Waals surface area contributed by atoms with Gasteiger partial charge in [0.25, 0.3) is 5.91 Å². The number of hydrogen-bond donors (Lipinski definition) is 1. The molecule has 2 saturated heterocycles. The van der Waals surface area contributed by atoms with Crippen molar-refractivity contribution < 1.29 is 14.5 Å². The van der Waals surface area contributed by atoms with Crippen LogP contribution in [0.3, 0.4) is 0 Å². The van der Waals surface area contributed by atoms with Gasteiger partial charge in [0, 0.05) is 19.9 Å². The van der Waals surface area contributed by atoms with E-state index >= 15 is 0 Å². The lowest BCUT2D eigenvalue weighted by atomic mass is 10.2. The van der Waals surface area contributed by atoms with E-state index in [4.69, 9.17) is 4.98 Å². The van der Waals surface area contributed by atoms with Gasteiger partial charge in [-0.2, -0.15) is 0 Å². The molecule has 0 spiro atoms. The van der Waals surface area contributed by atoms with Crippen LogP contribution < -0.4 is 4.90 Å².